The van der Waals surface area contributed by atoms with Crippen molar-refractivity contribution >= 4 is 38.8 Å². The molecule has 196 valence electrons. The summed E-state index contributed by atoms with van der Waals surface area (Å²) < 4.78 is 0. The van der Waals surface area contributed by atoms with Gasteiger partial charge in [0.25, 0.3) is 0 Å². The van der Waals surface area contributed by atoms with Crippen molar-refractivity contribution in [3.05, 3.63) is 102 Å². The Morgan fingerprint density at radius 2 is 1.97 bits per heavy atom. The summed E-state index contributed by atoms with van der Waals surface area (Å²) in [5, 5.41) is 15.6. The minimum Gasteiger partial charge on any atom is -0.359 e. The zero-order valence-electron chi connectivity index (χ0n) is 22.3. The number of nitrogens with zero attached hydrogens (tertiary/aromatic N) is 2. The molecule has 1 aliphatic rings. The van der Waals surface area contributed by atoms with E-state index in [4.69, 9.17) is 0 Å². The first-order valence-electron chi connectivity index (χ1n) is 13.6. The summed E-state index contributed by atoms with van der Waals surface area (Å²) in [5.41, 5.74) is 9.06. The number of aromatic amines is 2. The summed E-state index contributed by atoms with van der Waals surface area (Å²) in [6, 6.07) is 15.0. The summed E-state index contributed by atoms with van der Waals surface area (Å²) in [5.74, 6) is 0.527. The topological polar surface area (TPSA) is 69.4 Å². The molecule has 1 saturated carbocycles. The number of pyridine rings is 1. The van der Waals surface area contributed by atoms with Crippen LogP contribution in [0.4, 0.5) is 0 Å². The highest BCUT2D eigenvalue weighted by Gasteiger charge is 2.18. The van der Waals surface area contributed by atoms with Gasteiger partial charge in [-0.25, -0.2) is 4.98 Å². The Balaban J connectivity index is 1.33. The maximum absolute atomic E-state index is 4.69. The first-order chi connectivity index (χ1) is 19.1. The van der Waals surface area contributed by atoms with Crippen LogP contribution in [0.15, 0.2) is 96.8 Å². The molecule has 0 aliphatic heterocycles. The number of fused-ring (bicyclic) bond motifs is 2. The SMILES string of the molecule is C=C/C(=C\C(=C/C)c1cnc2n[nH]c(-c3cc4c(-c5cccs5)cccc4[nH]3)c2c1)NC(=C)C1CCCCC1. The van der Waals surface area contributed by atoms with Gasteiger partial charge in [0.1, 0.15) is 0 Å². The van der Waals surface area contributed by atoms with Crippen molar-refractivity contribution in [1.82, 2.24) is 25.5 Å². The van der Waals surface area contributed by atoms with E-state index < -0.39 is 0 Å². The fraction of sp³-hybridized carbons (Fsp3) is 0.212. The molecule has 0 saturated heterocycles. The fourth-order valence-corrected chi connectivity index (χ4v) is 6.35. The van der Waals surface area contributed by atoms with Gasteiger partial charge in [-0.3, -0.25) is 5.10 Å². The quantitative estimate of drug-likeness (QED) is 0.175. The van der Waals surface area contributed by atoms with E-state index in [2.05, 4.69) is 98.6 Å². The third-order valence-corrected chi connectivity index (χ3v) is 8.61. The average molecular weight is 532 g/mol. The van der Waals surface area contributed by atoms with E-state index in [9.17, 15) is 0 Å². The maximum atomic E-state index is 4.69. The van der Waals surface area contributed by atoms with Gasteiger partial charge in [0.2, 0.25) is 0 Å². The van der Waals surface area contributed by atoms with Crippen LogP contribution in [0, 0.1) is 5.92 Å². The molecule has 6 rings (SSSR count). The second kappa shape index (κ2) is 10.9. The van der Waals surface area contributed by atoms with Crippen molar-refractivity contribution in [1.29, 1.82) is 0 Å². The number of rotatable bonds is 8. The summed E-state index contributed by atoms with van der Waals surface area (Å²) in [6.07, 6.45) is 14.3. The third-order valence-electron chi connectivity index (χ3n) is 7.71. The molecule has 39 heavy (non-hydrogen) atoms. The van der Waals surface area contributed by atoms with Crippen LogP contribution < -0.4 is 5.32 Å². The van der Waals surface area contributed by atoms with E-state index in [-0.39, 0.29) is 0 Å². The molecule has 5 nitrogen and oxygen atoms in total. The van der Waals surface area contributed by atoms with Gasteiger partial charge in [0.05, 0.1) is 11.4 Å². The van der Waals surface area contributed by atoms with Crippen molar-refractivity contribution < 1.29 is 0 Å². The Bertz CT molecular complexity index is 1710. The molecule has 1 aliphatic carbocycles. The minimum absolute atomic E-state index is 0.527. The highest BCUT2D eigenvalue weighted by atomic mass is 32.1. The van der Waals surface area contributed by atoms with E-state index in [0.717, 1.165) is 44.8 Å². The van der Waals surface area contributed by atoms with Gasteiger partial charge < -0.3 is 10.3 Å². The van der Waals surface area contributed by atoms with Gasteiger partial charge in [-0.15, -0.1) is 11.3 Å². The van der Waals surface area contributed by atoms with Crippen LogP contribution in [0.3, 0.4) is 0 Å². The standard InChI is InChI=1S/C33H33N5S/c1-4-22(17-25(5-2)35-21(3)23-11-7-6-8-12-23)24-18-28-32(37-38-33(28)34-20-24)30-19-27-26(31-15-10-16-39-31)13-9-14-29(27)36-30/h4-5,9-10,13-20,23,35-36H,2-3,6-8,11-12H2,1H3,(H,34,37,38)/b22-4+,25-17+. The lowest BCUT2D eigenvalue weighted by Gasteiger charge is -2.25. The second-order valence-corrected chi connectivity index (χ2v) is 11.1. The number of H-pyrrole nitrogens is 2. The van der Waals surface area contributed by atoms with E-state index in [0.29, 0.717) is 11.6 Å². The number of nitrogens with one attached hydrogen (secondary N) is 3. The van der Waals surface area contributed by atoms with Crippen LogP contribution in [-0.2, 0) is 0 Å². The fourth-order valence-electron chi connectivity index (χ4n) is 5.58. The van der Waals surface area contributed by atoms with E-state index in [1.807, 2.05) is 19.2 Å². The molecule has 3 N–H and O–H groups in total. The first-order valence-corrected chi connectivity index (χ1v) is 14.5. The Hall–Kier alpha value is -4.16. The molecule has 0 amide bonds. The molecular formula is C33H33N5S. The number of allylic oxidation sites excluding steroid dienone is 5. The number of aromatic nitrogens is 4. The zero-order valence-corrected chi connectivity index (χ0v) is 23.1. The number of hydrogen-bond acceptors (Lipinski definition) is 4. The van der Waals surface area contributed by atoms with Crippen LogP contribution in [0.25, 0.3) is 49.3 Å². The number of benzene rings is 1. The predicted molar refractivity (Wildman–Crippen MR) is 165 cm³/mol. The van der Waals surface area contributed by atoms with E-state index in [1.54, 1.807) is 11.3 Å². The van der Waals surface area contributed by atoms with Gasteiger partial charge >= 0.3 is 0 Å². The molecule has 6 heteroatoms. The van der Waals surface area contributed by atoms with Crippen molar-refractivity contribution in [3.63, 3.8) is 0 Å². The molecule has 5 aromatic rings. The lowest BCUT2D eigenvalue weighted by atomic mass is 9.87. The number of hydrogen-bond donors (Lipinski definition) is 3. The molecule has 0 spiro atoms. The highest BCUT2D eigenvalue weighted by molar-refractivity contribution is 7.13. The van der Waals surface area contributed by atoms with Crippen LogP contribution in [0.5, 0.6) is 0 Å². The maximum Gasteiger partial charge on any atom is 0.181 e. The predicted octanol–water partition coefficient (Wildman–Crippen LogP) is 8.99. The van der Waals surface area contributed by atoms with Gasteiger partial charge in [-0.2, -0.15) is 5.10 Å². The molecule has 0 atom stereocenters. The number of thiophene rings is 1. The van der Waals surface area contributed by atoms with Gasteiger partial charge in [-0.05, 0) is 73.1 Å². The van der Waals surface area contributed by atoms with Gasteiger partial charge in [0, 0.05) is 49.9 Å². The van der Waals surface area contributed by atoms with Crippen LogP contribution in [0.2, 0.25) is 0 Å². The van der Waals surface area contributed by atoms with Gasteiger partial charge in [0.15, 0.2) is 5.65 Å². The lowest BCUT2D eigenvalue weighted by Crippen LogP contribution is -2.20. The first kappa shape index (κ1) is 25.1. The van der Waals surface area contributed by atoms with Crippen LogP contribution in [0.1, 0.15) is 44.6 Å². The second-order valence-electron chi connectivity index (χ2n) is 10.2. The normalized spacial score (nSPS) is 15.2. The Labute approximate surface area is 233 Å². The molecular weight excluding hydrogens is 498 g/mol. The molecule has 1 aromatic carbocycles. The van der Waals surface area contributed by atoms with Gasteiger partial charge in [-0.1, -0.05) is 56.7 Å². The van der Waals surface area contributed by atoms with Crippen molar-refractivity contribution in [2.75, 3.05) is 0 Å². The Kier molecular flexibility index (Phi) is 7.03. The minimum atomic E-state index is 0.527. The summed E-state index contributed by atoms with van der Waals surface area (Å²) >= 11 is 1.75. The Morgan fingerprint density at radius 1 is 1.10 bits per heavy atom. The van der Waals surface area contributed by atoms with E-state index in [1.165, 1.54) is 47.9 Å². The monoisotopic (exact) mass is 531 g/mol. The van der Waals surface area contributed by atoms with Crippen molar-refractivity contribution in [2.24, 2.45) is 5.92 Å². The molecule has 0 unspecified atom stereocenters. The third kappa shape index (κ3) is 5.00. The molecule has 0 radical (unpaired) electrons. The van der Waals surface area contributed by atoms with E-state index >= 15 is 0 Å². The average Bonchev–Trinajstić information content (AvgIpc) is 3.74. The van der Waals surface area contributed by atoms with Crippen molar-refractivity contribution in [2.45, 2.75) is 39.0 Å². The van der Waals surface area contributed by atoms with Crippen LogP contribution >= 0.6 is 11.3 Å². The highest BCUT2D eigenvalue weighted by Crippen LogP contribution is 2.36. The molecule has 4 heterocycles. The zero-order chi connectivity index (χ0) is 26.8. The summed E-state index contributed by atoms with van der Waals surface area (Å²) in [7, 11) is 0. The molecule has 4 aromatic heterocycles. The summed E-state index contributed by atoms with van der Waals surface area (Å²) in [6.45, 7) is 10.4. The lowest BCUT2D eigenvalue weighted by molar-refractivity contribution is 0.393. The molecule has 0 bridgehead atoms. The van der Waals surface area contributed by atoms with Crippen molar-refractivity contribution in [3.8, 4) is 21.8 Å². The largest absolute Gasteiger partial charge is 0.359 e. The molecule has 1 fully saturated rings. The van der Waals surface area contributed by atoms with Crippen LogP contribution in [-0.4, -0.2) is 20.2 Å². The smallest absolute Gasteiger partial charge is 0.181 e. The summed E-state index contributed by atoms with van der Waals surface area (Å²) in [4.78, 5) is 9.54. The Morgan fingerprint density at radius 3 is 2.74 bits per heavy atom.